The first-order valence-electron chi connectivity index (χ1n) is 6.64. The average molecular weight is 354 g/mol. The van der Waals surface area contributed by atoms with Gasteiger partial charge in [-0.15, -0.1) is 0 Å². The molecule has 4 nitrogen and oxygen atoms in total. The molecule has 2 aliphatic rings. The monoisotopic (exact) mass is 353 g/mol. The summed E-state index contributed by atoms with van der Waals surface area (Å²) in [5.74, 6) is -3.49. The van der Waals surface area contributed by atoms with Crippen LogP contribution in [0.15, 0.2) is 34.8 Å². The minimum Gasteiger partial charge on any atom is -0.481 e. The number of fused-ring (bicyclic) bond motifs is 2. The normalized spacial score (nSPS) is 29.6. The molecule has 0 radical (unpaired) electrons. The van der Waals surface area contributed by atoms with Gasteiger partial charge in [-0.25, -0.2) is 4.39 Å². The van der Waals surface area contributed by atoms with Gasteiger partial charge in [-0.1, -0.05) is 28.1 Å². The van der Waals surface area contributed by atoms with Gasteiger partial charge in [0.25, 0.3) is 0 Å². The number of anilines is 1. The Morgan fingerprint density at radius 1 is 1.24 bits per heavy atom. The van der Waals surface area contributed by atoms with Crippen molar-refractivity contribution in [1.82, 2.24) is 0 Å². The van der Waals surface area contributed by atoms with Gasteiger partial charge in [0.05, 0.1) is 17.5 Å². The van der Waals surface area contributed by atoms with Gasteiger partial charge in [-0.05, 0) is 36.5 Å². The van der Waals surface area contributed by atoms with Crippen LogP contribution in [0.1, 0.15) is 6.42 Å². The lowest BCUT2D eigenvalue weighted by Gasteiger charge is -2.23. The summed E-state index contributed by atoms with van der Waals surface area (Å²) >= 11 is 3.14. The molecule has 2 aliphatic carbocycles. The molecule has 2 N–H and O–H groups in total. The van der Waals surface area contributed by atoms with Gasteiger partial charge in [-0.2, -0.15) is 0 Å². The molecule has 0 aliphatic heterocycles. The second-order valence-electron chi connectivity index (χ2n) is 5.45. The molecule has 110 valence electrons. The molecule has 3 rings (SSSR count). The maximum absolute atomic E-state index is 13.8. The maximum atomic E-state index is 13.8. The predicted molar refractivity (Wildman–Crippen MR) is 78.1 cm³/mol. The van der Waals surface area contributed by atoms with Gasteiger partial charge in [-0.3, -0.25) is 9.59 Å². The molecule has 0 heterocycles. The van der Waals surface area contributed by atoms with Gasteiger partial charge >= 0.3 is 5.97 Å². The number of benzene rings is 1. The summed E-state index contributed by atoms with van der Waals surface area (Å²) in [4.78, 5) is 23.7. The quantitative estimate of drug-likeness (QED) is 0.820. The third-order valence-corrected chi connectivity index (χ3v) is 4.73. The van der Waals surface area contributed by atoms with E-state index in [1.807, 2.05) is 12.2 Å². The number of carbonyl (C=O) groups excluding carboxylic acids is 1. The Labute approximate surface area is 129 Å². The van der Waals surface area contributed by atoms with Gasteiger partial charge in [0.15, 0.2) is 0 Å². The minimum atomic E-state index is -0.969. The summed E-state index contributed by atoms with van der Waals surface area (Å²) in [6, 6.07) is 4.33. The van der Waals surface area contributed by atoms with E-state index in [4.69, 9.17) is 0 Å². The molecule has 0 saturated heterocycles. The van der Waals surface area contributed by atoms with Crippen LogP contribution in [0.4, 0.5) is 10.1 Å². The van der Waals surface area contributed by atoms with Crippen molar-refractivity contribution in [2.75, 3.05) is 5.32 Å². The smallest absolute Gasteiger partial charge is 0.307 e. The Bertz CT molecular complexity index is 646. The molecule has 1 amide bonds. The fraction of sp³-hybridized carbons (Fsp3) is 0.333. The number of allylic oxidation sites excluding steroid dienone is 2. The topological polar surface area (TPSA) is 66.4 Å². The van der Waals surface area contributed by atoms with Crippen LogP contribution in [0.5, 0.6) is 0 Å². The van der Waals surface area contributed by atoms with Crippen LogP contribution in [-0.4, -0.2) is 17.0 Å². The average Bonchev–Trinajstić information content (AvgIpc) is 3.02. The van der Waals surface area contributed by atoms with Gasteiger partial charge in [0.1, 0.15) is 5.82 Å². The second kappa shape index (κ2) is 5.26. The molecule has 1 saturated carbocycles. The van der Waals surface area contributed by atoms with Crippen LogP contribution >= 0.6 is 15.9 Å². The minimum absolute atomic E-state index is 0.0686. The fourth-order valence-electron chi connectivity index (χ4n) is 3.32. The third-order valence-electron chi connectivity index (χ3n) is 4.24. The van der Waals surface area contributed by atoms with E-state index in [1.54, 1.807) is 6.07 Å². The molecule has 6 heteroatoms. The number of carbonyl (C=O) groups is 2. The number of rotatable bonds is 3. The van der Waals surface area contributed by atoms with Gasteiger partial charge < -0.3 is 10.4 Å². The highest BCUT2D eigenvalue weighted by molar-refractivity contribution is 9.10. The second-order valence-corrected chi connectivity index (χ2v) is 6.37. The summed E-state index contributed by atoms with van der Waals surface area (Å²) in [6.07, 6.45) is 4.44. The van der Waals surface area contributed by atoms with Crippen molar-refractivity contribution < 1.29 is 19.1 Å². The van der Waals surface area contributed by atoms with Crippen LogP contribution in [0.2, 0.25) is 0 Å². The number of hydrogen-bond acceptors (Lipinski definition) is 2. The van der Waals surface area contributed by atoms with E-state index >= 15 is 0 Å². The van der Waals surface area contributed by atoms with E-state index in [9.17, 15) is 19.1 Å². The van der Waals surface area contributed by atoms with Gasteiger partial charge in [0, 0.05) is 4.47 Å². The van der Waals surface area contributed by atoms with E-state index < -0.39 is 29.5 Å². The molecule has 1 fully saturated rings. The van der Waals surface area contributed by atoms with Crippen molar-refractivity contribution >= 4 is 33.5 Å². The van der Waals surface area contributed by atoms with E-state index in [0.717, 1.165) is 0 Å². The molecular weight excluding hydrogens is 341 g/mol. The maximum Gasteiger partial charge on any atom is 0.307 e. The molecule has 1 aromatic carbocycles. The van der Waals surface area contributed by atoms with Crippen LogP contribution in [0, 0.1) is 29.5 Å². The summed E-state index contributed by atoms with van der Waals surface area (Å²) in [5, 5.41) is 11.8. The number of amides is 1. The highest BCUT2D eigenvalue weighted by Gasteiger charge is 2.51. The number of halogens is 2. The lowest BCUT2D eigenvalue weighted by Crippen LogP contribution is -2.36. The van der Waals surface area contributed by atoms with Crippen molar-refractivity contribution in [3.8, 4) is 0 Å². The van der Waals surface area contributed by atoms with E-state index in [-0.39, 0.29) is 17.5 Å². The van der Waals surface area contributed by atoms with E-state index in [0.29, 0.717) is 10.9 Å². The van der Waals surface area contributed by atoms with E-state index in [2.05, 4.69) is 21.2 Å². The first-order chi connectivity index (χ1) is 9.97. The number of nitrogens with one attached hydrogen (secondary N) is 1. The molecule has 21 heavy (non-hydrogen) atoms. The van der Waals surface area contributed by atoms with Crippen LogP contribution in [-0.2, 0) is 9.59 Å². The Morgan fingerprint density at radius 2 is 1.90 bits per heavy atom. The predicted octanol–water partition coefficient (Wildman–Crippen LogP) is 3.05. The standard InChI is InChI=1S/C15H13BrFNO3/c16-9-3-4-11(10(17)6-9)18-14(19)12-7-1-2-8(5-7)13(12)15(20)21/h1-4,6-8,12-13H,5H2,(H,18,19)(H,20,21)/t7-,8-,12-,13+/m0/s1. The summed E-state index contributed by atoms with van der Waals surface area (Å²) < 4.78 is 14.3. The Balaban J connectivity index is 1.82. The number of carboxylic acids is 1. The third kappa shape index (κ3) is 2.48. The van der Waals surface area contributed by atoms with Gasteiger partial charge in [0.2, 0.25) is 5.91 Å². The lowest BCUT2D eigenvalue weighted by molar-refractivity contribution is -0.146. The number of carboxylic acid groups (broad SMARTS) is 1. The fourth-order valence-corrected chi connectivity index (χ4v) is 3.66. The lowest BCUT2D eigenvalue weighted by atomic mass is 9.82. The number of aliphatic carboxylic acids is 1. The van der Waals surface area contributed by atoms with Crippen molar-refractivity contribution in [3.05, 3.63) is 40.6 Å². The number of hydrogen-bond donors (Lipinski definition) is 2. The summed E-state index contributed by atoms with van der Waals surface area (Å²) in [6.45, 7) is 0. The zero-order valence-corrected chi connectivity index (χ0v) is 12.5. The van der Waals surface area contributed by atoms with Crippen LogP contribution in [0.3, 0.4) is 0 Å². The molecule has 0 aromatic heterocycles. The van der Waals surface area contributed by atoms with E-state index in [1.165, 1.54) is 12.1 Å². The van der Waals surface area contributed by atoms with Crippen molar-refractivity contribution in [2.45, 2.75) is 6.42 Å². The first kappa shape index (κ1) is 14.3. The Hall–Kier alpha value is -1.69. The molecule has 4 atom stereocenters. The first-order valence-corrected chi connectivity index (χ1v) is 7.43. The van der Waals surface area contributed by atoms with Crippen LogP contribution in [0.25, 0.3) is 0 Å². The Kier molecular flexibility index (Phi) is 3.57. The Morgan fingerprint density at radius 3 is 2.52 bits per heavy atom. The highest BCUT2D eigenvalue weighted by Crippen LogP contribution is 2.48. The largest absolute Gasteiger partial charge is 0.481 e. The molecular formula is C15H13BrFNO3. The molecule has 0 spiro atoms. The van der Waals surface area contributed by atoms with Crippen molar-refractivity contribution in [2.24, 2.45) is 23.7 Å². The highest BCUT2D eigenvalue weighted by atomic mass is 79.9. The summed E-state index contributed by atoms with van der Waals surface area (Å²) in [7, 11) is 0. The summed E-state index contributed by atoms with van der Waals surface area (Å²) in [5.41, 5.74) is 0.0686. The van der Waals surface area contributed by atoms with Crippen LogP contribution < -0.4 is 5.32 Å². The van der Waals surface area contributed by atoms with Crippen molar-refractivity contribution in [1.29, 1.82) is 0 Å². The molecule has 1 aromatic rings. The molecule has 2 bridgehead atoms. The zero-order valence-electron chi connectivity index (χ0n) is 10.9. The van der Waals surface area contributed by atoms with Crippen molar-refractivity contribution in [3.63, 3.8) is 0 Å². The zero-order chi connectivity index (χ0) is 15.1. The SMILES string of the molecule is O=C(Nc1ccc(Br)cc1F)[C@@H]1[C@H](C(=O)O)[C@H]2C=C[C@H]1C2. The molecule has 0 unspecified atom stereocenters.